The molecule has 0 unspecified atom stereocenters. The van der Waals surface area contributed by atoms with Gasteiger partial charge in [-0.1, -0.05) is 54.6 Å². The number of aryl methyl sites for hydroxylation is 1. The van der Waals surface area contributed by atoms with Crippen LogP contribution in [-0.2, 0) is 19.9 Å². The second-order valence-corrected chi connectivity index (χ2v) is 13.5. The predicted molar refractivity (Wildman–Crippen MR) is 198 cm³/mol. The highest BCUT2D eigenvalue weighted by atomic mass is 16.6. The molecule has 2 aliphatic heterocycles. The van der Waals surface area contributed by atoms with Crippen molar-refractivity contribution in [3.05, 3.63) is 149 Å². The molecule has 2 aliphatic rings. The lowest BCUT2D eigenvalue weighted by Crippen LogP contribution is -2.51. The van der Waals surface area contributed by atoms with Crippen LogP contribution in [-0.4, -0.2) is 84.4 Å². The lowest BCUT2D eigenvalue weighted by Gasteiger charge is -2.42. The Hall–Kier alpha value is -6.45. The molecule has 0 saturated carbocycles. The first-order valence-corrected chi connectivity index (χ1v) is 17.6. The molecule has 5 heterocycles. The number of hydrogen-bond donors (Lipinski definition) is 1. The maximum Gasteiger partial charge on any atom is 0.351 e. The number of carboxylic acid groups (broad SMARTS) is 1. The molecule has 2 saturated heterocycles. The molecule has 8 rings (SSSR count). The van der Waals surface area contributed by atoms with Gasteiger partial charge in [-0.2, -0.15) is 10.1 Å². The van der Waals surface area contributed by atoms with Gasteiger partial charge in [0.1, 0.15) is 41.2 Å². The van der Waals surface area contributed by atoms with Gasteiger partial charge in [-0.05, 0) is 47.9 Å². The fourth-order valence-corrected chi connectivity index (χ4v) is 8.00. The molecule has 3 aromatic carbocycles. The molecular weight excluding hydrogens is 704 g/mol. The Morgan fingerprint density at radius 1 is 0.945 bits per heavy atom. The van der Waals surface area contributed by atoms with Crippen LogP contribution < -0.4 is 20.1 Å². The topological polar surface area (TPSA) is 169 Å². The van der Waals surface area contributed by atoms with Gasteiger partial charge >= 0.3 is 11.7 Å². The summed E-state index contributed by atoms with van der Waals surface area (Å²) in [7, 11) is 3.22. The summed E-state index contributed by atoms with van der Waals surface area (Å²) >= 11 is 0. The summed E-state index contributed by atoms with van der Waals surface area (Å²) in [6.45, 7) is 1.93. The molecule has 0 spiro atoms. The Balaban J connectivity index is 1.28. The molecule has 3 aromatic heterocycles. The van der Waals surface area contributed by atoms with Gasteiger partial charge in [0.15, 0.2) is 12.0 Å². The summed E-state index contributed by atoms with van der Waals surface area (Å²) < 4.78 is 28.2. The Labute approximate surface area is 315 Å². The smallest absolute Gasteiger partial charge is 0.351 e. The van der Waals surface area contributed by atoms with Gasteiger partial charge in [0.05, 0.1) is 46.0 Å². The Kier molecular flexibility index (Phi) is 9.32. The summed E-state index contributed by atoms with van der Waals surface area (Å²) in [6, 6.07) is 24.5. The van der Waals surface area contributed by atoms with E-state index in [1.165, 1.54) is 21.9 Å². The second-order valence-electron chi connectivity index (χ2n) is 13.5. The zero-order valence-electron chi connectivity index (χ0n) is 30.3. The molecule has 4 atom stereocenters. The van der Waals surface area contributed by atoms with Gasteiger partial charge in [-0.25, -0.2) is 19.4 Å². The first kappa shape index (κ1) is 35.6. The summed E-state index contributed by atoms with van der Waals surface area (Å²) in [4.78, 5) is 45.8. The molecule has 2 bridgehead atoms. The van der Waals surface area contributed by atoms with Crippen LogP contribution in [0.1, 0.15) is 34.9 Å². The highest BCUT2D eigenvalue weighted by molar-refractivity contribution is 5.68. The fourth-order valence-electron chi connectivity index (χ4n) is 8.00. The molecule has 1 N–H and O–H groups in total. The molecule has 280 valence electrons. The predicted octanol–water partition coefficient (Wildman–Crippen LogP) is 4.20. The minimum absolute atomic E-state index is 0.0835. The van der Waals surface area contributed by atoms with E-state index in [9.17, 15) is 14.7 Å². The number of hydrogen-bond acceptors (Lipinski definition) is 12. The quantitative estimate of drug-likeness (QED) is 0.167. The molecule has 0 amide bonds. The average molecular weight is 743 g/mol. The number of nitrogens with zero attached hydrogens (tertiary/aromatic N) is 8. The lowest BCUT2D eigenvalue weighted by atomic mass is 9.79. The van der Waals surface area contributed by atoms with Gasteiger partial charge in [0.25, 0.3) is 0 Å². The largest absolute Gasteiger partial charge is 0.497 e. The Morgan fingerprint density at radius 2 is 1.62 bits per heavy atom. The van der Waals surface area contributed by atoms with Crippen molar-refractivity contribution in [3.63, 3.8) is 0 Å². The maximum absolute atomic E-state index is 13.9. The zero-order valence-corrected chi connectivity index (χ0v) is 30.3. The van der Waals surface area contributed by atoms with Gasteiger partial charge in [-0.15, -0.1) is 0 Å². The van der Waals surface area contributed by atoms with Crippen LogP contribution in [0.25, 0.3) is 5.82 Å². The third-order valence-corrected chi connectivity index (χ3v) is 10.5. The van der Waals surface area contributed by atoms with Crippen LogP contribution in [0.2, 0.25) is 0 Å². The number of ether oxygens (including phenoxy) is 4. The minimum Gasteiger partial charge on any atom is -0.497 e. The molecule has 55 heavy (non-hydrogen) atoms. The minimum atomic E-state index is -1.26. The molecule has 6 aromatic rings. The number of carbonyl (C=O) groups is 1. The van der Waals surface area contributed by atoms with Crippen LogP contribution >= 0.6 is 0 Å². The summed E-state index contributed by atoms with van der Waals surface area (Å²) in [5.74, 6) is 0.482. The van der Waals surface area contributed by atoms with E-state index in [4.69, 9.17) is 18.9 Å². The third-order valence-electron chi connectivity index (χ3n) is 10.5. The summed E-state index contributed by atoms with van der Waals surface area (Å²) in [5, 5.41) is 14.6. The number of methoxy groups -OCH3 is 2. The van der Waals surface area contributed by atoms with Crippen LogP contribution in [0.4, 0.5) is 5.82 Å². The molecule has 0 aliphatic carbocycles. The molecule has 2 fully saturated rings. The first-order valence-electron chi connectivity index (χ1n) is 17.6. The number of morpholine rings is 1. The van der Waals surface area contributed by atoms with E-state index in [0.717, 1.165) is 16.7 Å². The Bertz CT molecular complexity index is 2280. The van der Waals surface area contributed by atoms with E-state index >= 15 is 0 Å². The monoisotopic (exact) mass is 742 g/mol. The highest BCUT2D eigenvalue weighted by Gasteiger charge is 2.66. The van der Waals surface area contributed by atoms with Crippen LogP contribution in [0.5, 0.6) is 11.5 Å². The second kappa shape index (κ2) is 14.4. The summed E-state index contributed by atoms with van der Waals surface area (Å²) in [6.07, 6.45) is 7.99. The van der Waals surface area contributed by atoms with E-state index in [1.54, 1.807) is 45.9 Å². The van der Waals surface area contributed by atoms with E-state index in [2.05, 4.69) is 25.0 Å². The summed E-state index contributed by atoms with van der Waals surface area (Å²) in [5.41, 5.74) is -0.0460. The normalized spacial score (nSPS) is 20.4. The van der Waals surface area contributed by atoms with Gasteiger partial charge in [-0.3, -0.25) is 14.3 Å². The van der Waals surface area contributed by atoms with Crippen molar-refractivity contribution < 1.29 is 28.8 Å². The highest BCUT2D eigenvalue weighted by Crippen LogP contribution is 2.54. The number of rotatable bonds is 13. The number of aromatic nitrogens is 7. The standard InChI is InChI=1S/C40H38N8O7/c1-26-21-46(38(51)45-36(26)48-25-42-24-44-48)37-35-32(19-34(49)50)39(55-37,22-47(35)33-20-41-17-18-43-33)23-54-40(27-7-5-4-6-8-27,28-9-13-30(52-2)14-10-28)29-11-15-31(53-3)16-12-29/h4-18,20-21,24-25,32,35,37H,19,22-23H2,1-3H3,(H,49,50)/t32-,35+,37+,39+/m0/s1. The number of carboxylic acids is 1. The van der Waals surface area contributed by atoms with Crippen molar-refractivity contribution in [1.29, 1.82) is 0 Å². The SMILES string of the molecule is COc1ccc(C(OC[C@@]23CN(c4cnccn4)[C@@H]([C@H](n4cc(C)c(-n5cncn5)nc4=O)O2)[C@@H]3CC(=O)O)(c2ccccc2)c2ccc(OC)cc2)cc1. The van der Waals surface area contributed by atoms with Gasteiger partial charge < -0.3 is 29.0 Å². The average Bonchev–Trinajstić information content (AvgIpc) is 3.94. The molecule has 0 radical (unpaired) electrons. The fraction of sp³-hybridized carbons (Fsp3) is 0.275. The number of fused-ring (bicyclic) bond motifs is 2. The van der Waals surface area contributed by atoms with Crippen molar-refractivity contribution in [3.8, 4) is 17.3 Å². The van der Waals surface area contributed by atoms with Crippen molar-refractivity contribution in [2.75, 3.05) is 32.3 Å². The van der Waals surface area contributed by atoms with E-state index in [1.807, 2.05) is 83.8 Å². The van der Waals surface area contributed by atoms with E-state index in [0.29, 0.717) is 28.7 Å². The van der Waals surface area contributed by atoms with Crippen LogP contribution in [0, 0.1) is 12.8 Å². The lowest BCUT2D eigenvalue weighted by molar-refractivity contribution is -0.156. The maximum atomic E-state index is 13.9. The number of anilines is 1. The van der Waals surface area contributed by atoms with Crippen LogP contribution in [0.15, 0.2) is 121 Å². The number of aliphatic carboxylic acids is 1. The van der Waals surface area contributed by atoms with E-state index < -0.39 is 41.0 Å². The Morgan fingerprint density at radius 3 is 2.20 bits per heavy atom. The third kappa shape index (κ3) is 6.26. The zero-order chi connectivity index (χ0) is 38.2. The van der Waals surface area contributed by atoms with Crippen molar-refractivity contribution >= 4 is 11.8 Å². The molecule has 15 heteroatoms. The van der Waals surface area contributed by atoms with Crippen molar-refractivity contribution in [2.45, 2.75) is 36.8 Å². The first-order chi connectivity index (χ1) is 26.8. The molecule has 15 nitrogen and oxygen atoms in total. The van der Waals surface area contributed by atoms with E-state index in [-0.39, 0.29) is 19.6 Å². The van der Waals surface area contributed by atoms with Crippen molar-refractivity contribution in [1.82, 2.24) is 34.3 Å². The van der Waals surface area contributed by atoms with Crippen LogP contribution in [0.3, 0.4) is 0 Å². The van der Waals surface area contributed by atoms with Crippen molar-refractivity contribution in [2.24, 2.45) is 5.92 Å². The van der Waals surface area contributed by atoms with Gasteiger partial charge in [0, 0.05) is 30.1 Å². The number of benzene rings is 3. The molecular formula is C40H38N8O7. The van der Waals surface area contributed by atoms with Gasteiger partial charge in [0.2, 0.25) is 0 Å².